The number of halogens is 3. The highest BCUT2D eigenvalue weighted by atomic mass is 32.1. The van der Waals surface area contributed by atoms with Crippen molar-refractivity contribution in [3.63, 3.8) is 0 Å². The van der Waals surface area contributed by atoms with Crippen molar-refractivity contribution in [1.82, 2.24) is 9.13 Å². The van der Waals surface area contributed by atoms with E-state index in [1.165, 1.54) is 28.0 Å². The van der Waals surface area contributed by atoms with E-state index in [-0.39, 0.29) is 12.2 Å². The van der Waals surface area contributed by atoms with Gasteiger partial charge in [-0.3, -0.25) is 9.36 Å². The number of aromatic nitrogens is 2. The molecule has 2 aromatic heterocycles. The second-order valence-corrected chi connectivity index (χ2v) is 8.65. The Bertz CT molecular complexity index is 1430. The zero-order valence-electron chi connectivity index (χ0n) is 17.1. The molecule has 0 bridgehead atoms. The molecule has 4 aromatic rings. The summed E-state index contributed by atoms with van der Waals surface area (Å²) >= 11 is 1.34. The molecule has 0 unspecified atom stereocenters. The molecular weight excluding hydrogens is 425 g/mol. The predicted octanol–water partition coefficient (Wildman–Crippen LogP) is 5.21. The van der Waals surface area contributed by atoms with Gasteiger partial charge in [0.05, 0.1) is 23.2 Å². The van der Waals surface area contributed by atoms with E-state index in [0.717, 1.165) is 38.3 Å². The lowest BCUT2D eigenvalue weighted by Crippen LogP contribution is -2.39. The van der Waals surface area contributed by atoms with Crippen LogP contribution >= 0.6 is 11.3 Å². The van der Waals surface area contributed by atoms with Crippen LogP contribution in [0.25, 0.3) is 15.9 Å². The number of rotatable bonds is 3. The molecule has 0 radical (unpaired) electrons. The van der Waals surface area contributed by atoms with Crippen LogP contribution in [0.4, 0.5) is 13.2 Å². The predicted molar refractivity (Wildman–Crippen MR) is 116 cm³/mol. The molecule has 0 atom stereocenters. The van der Waals surface area contributed by atoms with Gasteiger partial charge in [-0.15, -0.1) is 11.3 Å². The van der Waals surface area contributed by atoms with Gasteiger partial charge in [-0.1, -0.05) is 30.3 Å². The molecule has 8 heteroatoms. The third-order valence-corrected chi connectivity index (χ3v) is 6.70. The normalized spacial score (nSPS) is 11.9. The lowest BCUT2D eigenvalue weighted by atomic mass is 10.1. The third kappa shape index (κ3) is 3.61. The highest BCUT2D eigenvalue weighted by Crippen LogP contribution is 2.31. The number of benzene rings is 2. The molecule has 4 nitrogen and oxygen atoms in total. The molecule has 4 rings (SSSR count). The minimum atomic E-state index is -4.58. The van der Waals surface area contributed by atoms with Crippen LogP contribution in [0.5, 0.6) is 0 Å². The highest BCUT2D eigenvalue weighted by molar-refractivity contribution is 7.18. The molecule has 31 heavy (non-hydrogen) atoms. The van der Waals surface area contributed by atoms with Crippen LogP contribution in [-0.2, 0) is 12.7 Å². The number of fused-ring (bicyclic) bond motifs is 1. The van der Waals surface area contributed by atoms with E-state index in [2.05, 4.69) is 0 Å². The van der Waals surface area contributed by atoms with Crippen molar-refractivity contribution in [2.75, 3.05) is 0 Å². The largest absolute Gasteiger partial charge is 0.416 e. The van der Waals surface area contributed by atoms with Crippen LogP contribution in [0, 0.1) is 20.8 Å². The number of aryl methyl sites for hydroxylation is 3. The van der Waals surface area contributed by atoms with E-state index in [1.54, 1.807) is 6.92 Å². The van der Waals surface area contributed by atoms with E-state index < -0.39 is 23.0 Å². The van der Waals surface area contributed by atoms with Crippen molar-refractivity contribution in [2.45, 2.75) is 33.5 Å². The maximum Gasteiger partial charge on any atom is 0.416 e. The average molecular weight is 444 g/mol. The van der Waals surface area contributed by atoms with Gasteiger partial charge in [0.1, 0.15) is 4.83 Å². The molecular formula is C23H19F3N2O2S. The van der Waals surface area contributed by atoms with E-state index in [0.29, 0.717) is 10.2 Å². The van der Waals surface area contributed by atoms with Gasteiger partial charge >= 0.3 is 11.9 Å². The first-order valence-corrected chi connectivity index (χ1v) is 10.4. The van der Waals surface area contributed by atoms with Crippen molar-refractivity contribution in [2.24, 2.45) is 0 Å². The first-order valence-electron chi connectivity index (χ1n) is 9.57. The summed E-state index contributed by atoms with van der Waals surface area (Å²) in [7, 11) is 0. The Hall–Kier alpha value is -3.13. The van der Waals surface area contributed by atoms with Crippen LogP contribution < -0.4 is 11.2 Å². The molecule has 2 heterocycles. The van der Waals surface area contributed by atoms with Crippen LogP contribution in [0.15, 0.2) is 58.1 Å². The van der Waals surface area contributed by atoms with Crippen molar-refractivity contribution in [3.05, 3.63) is 96.5 Å². The van der Waals surface area contributed by atoms with Crippen LogP contribution in [0.1, 0.15) is 27.1 Å². The van der Waals surface area contributed by atoms with Gasteiger partial charge in [-0.25, -0.2) is 9.36 Å². The second-order valence-electron chi connectivity index (χ2n) is 7.45. The molecule has 0 aliphatic carbocycles. The second kappa shape index (κ2) is 7.53. The Morgan fingerprint density at radius 3 is 2.35 bits per heavy atom. The fraction of sp³-hybridized carbons (Fsp3) is 0.217. The summed E-state index contributed by atoms with van der Waals surface area (Å²) in [4.78, 5) is 28.2. The van der Waals surface area contributed by atoms with Gasteiger partial charge in [0.15, 0.2) is 0 Å². The summed E-state index contributed by atoms with van der Waals surface area (Å²) in [5, 5.41) is 0.355. The topological polar surface area (TPSA) is 44.0 Å². The van der Waals surface area contributed by atoms with Crippen LogP contribution in [-0.4, -0.2) is 9.13 Å². The van der Waals surface area contributed by atoms with Crippen molar-refractivity contribution >= 4 is 21.6 Å². The zero-order valence-corrected chi connectivity index (χ0v) is 17.9. The van der Waals surface area contributed by atoms with Gasteiger partial charge < -0.3 is 0 Å². The van der Waals surface area contributed by atoms with E-state index in [9.17, 15) is 22.8 Å². The van der Waals surface area contributed by atoms with Crippen molar-refractivity contribution < 1.29 is 13.2 Å². The van der Waals surface area contributed by atoms with E-state index >= 15 is 0 Å². The van der Waals surface area contributed by atoms with Gasteiger partial charge in [-0.2, -0.15) is 13.2 Å². The lowest BCUT2D eigenvalue weighted by Gasteiger charge is -2.15. The van der Waals surface area contributed by atoms with Crippen molar-refractivity contribution in [1.29, 1.82) is 0 Å². The van der Waals surface area contributed by atoms with Gasteiger partial charge in [0, 0.05) is 4.88 Å². The quantitative estimate of drug-likeness (QED) is 0.436. The number of thiophene rings is 1. The van der Waals surface area contributed by atoms with Crippen LogP contribution in [0.2, 0.25) is 0 Å². The first kappa shape index (κ1) is 21.1. The van der Waals surface area contributed by atoms with Crippen molar-refractivity contribution in [3.8, 4) is 5.69 Å². The summed E-state index contributed by atoms with van der Waals surface area (Å²) < 4.78 is 42.1. The molecule has 0 amide bonds. The Morgan fingerprint density at radius 1 is 0.968 bits per heavy atom. The zero-order chi connectivity index (χ0) is 22.5. The van der Waals surface area contributed by atoms with Gasteiger partial charge in [0.25, 0.3) is 5.56 Å². The Balaban J connectivity index is 2.06. The maximum absolute atomic E-state index is 13.5. The summed E-state index contributed by atoms with van der Waals surface area (Å²) in [6, 6.07) is 11.9. The smallest absolute Gasteiger partial charge is 0.279 e. The van der Waals surface area contributed by atoms with Gasteiger partial charge in [-0.05, 0) is 55.7 Å². The number of nitrogens with zero attached hydrogens (tertiary/aromatic N) is 2. The highest BCUT2D eigenvalue weighted by Gasteiger charge is 2.31. The lowest BCUT2D eigenvalue weighted by molar-refractivity contribution is -0.137. The number of alkyl halides is 3. The molecule has 0 aliphatic heterocycles. The summed E-state index contributed by atoms with van der Waals surface area (Å²) in [5.74, 6) is 0. The number of hydrogen-bond donors (Lipinski definition) is 0. The molecule has 0 fully saturated rings. The minimum absolute atomic E-state index is 0.103. The van der Waals surface area contributed by atoms with Crippen LogP contribution in [0.3, 0.4) is 0 Å². The molecule has 0 saturated carbocycles. The molecule has 0 N–H and O–H groups in total. The molecule has 0 spiro atoms. The Labute approximate surface area is 179 Å². The van der Waals surface area contributed by atoms with E-state index in [1.807, 2.05) is 38.1 Å². The first-order chi connectivity index (χ1) is 14.6. The molecule has 160 valence electrons. The maximum atomic E-state index is 13.5. The molecule has 0 aliphatic rings. The fourth-order valence-electron chi connectivity index (χ4n) is 3.60. The Morgan fingerprint density at radius 2 is 1.68 bits per heavy atom. The Kier molecular flexibility index (Phi) is 5.13. The monoisotopic (exact) mass is 444 g/mol. The molecule has 2 aromatic carbocycles. The van der Waals surface area contributed by atoms with E-state index in [4.69, 9.17) is 0 Å². The summed E-state index contributed by atoms with van der Waals surface area (Å²) in [5.41, 5.74) is 0.301. The number of hydrogen-bond acceptors (Lipinski definition) is 3. The standard InChI is InChI=1S/C23H19F3N2O2S/c1-13-7-4-5-8-16(13)12-27-21-19(14(2)15(3)31-21)20(29)28(22(27)30)18-10-6-9-17(11-18)23(24,25)26/h4-11H,12H2,1-3H3. The molecule has 0 saturated heterocycles. The fourth-order valence-corrected chi connectivity index (χ4v) is 4.74. The average Bonchev–Trinajstić information content (AvgIpc) is 3.01. The summed E-state index contributed by atoms with van der Waals surface area (Å²) in [6.45, 7) is 5.78. The summed E-state index contributed by atoms with van der Waals surface area (Å²) in [6.07, 6.45) is -4.58. The van der Waals surface area contributed by atoms with Gasteiger partial charge in [0.2, 0.25) is 0 Å². The SMILES string of the molecule is Cc1ccccc1Cn1c(=O)n(-c2cccc(C(F)(F)F)c2)c(=O)c2c(C)c(C)sc21. The third-order valence-electron chi connectivity index (χ3n) is 5.47. The minimum Gasteiger partial charge on any atom is -0.279 e.